The van der Waals surface area contributed by atoms with E-state index < -0.39 is 0 Å². The van der Waals surface area contributed by atoms with Crippen LogP contribution in [0, 0.1) is 6.92 Å². The van der Waals surface area contributed by atoms with Crippen molar-refractivity contribution in [2.24, 2.45) is 5.10 Å². The molecule has 1 aromatic carbocycles. The van der Waals surface area contributed by atoms with Gasteiger partial charge in [0.1, 0.15) is 11.5 Å². The fourth-order valence-corrected chi connectivity index (χ4v) is 3.57. The number of nitrogens with zero attached hydrogens (tertiary/aromatic N) is 1. The maximum Gasteiger partial charge on any atom is 0.277 e. The van der Waals surface area contributed by atoms with Gasteiger partial charge in [-0.1, -0.05) is 29.8 Å². The minimum atomic E-state index is -0.334. The molecule has 0 spiro atoms. The highest BCUT2D eigenvalue weighted by Crippen LogP contribution is 2.40. The Bertz CT molecular complexity index is 857. The zero-order valence-electron chi connectivity index (χ0n) is 15.7. The molecule has 2 aromatic rings. The molecule has 1 N–H and O–H groups in total. The summed E-state index contributed by atoms with van der Waals surface area (Å²) in [5.41, 5.74) is 5.35. The lowest BCUT2D eigenvalue weighted by atomic mass is 10.0. The van der Waals surface area contributed by atoms with Gasteiger partial charge in [-0.15, -0.1) is 0 Å². The molecule has 0 aliphatic carbocycles. The molecule has 5 nitrogen and oxygen atoms in total. The van der Waals surface area contributed by atoms with Crippen molar-refractivity contribution in [1.82, 2.24) is 5.43 Å². The number of allylic oxidation sites excluding steroid dienone is 1. The molecule has 2 rings (SSSR count). The molecule has 144 valence electrons. The van der Waals surface area contributed by atoms with E-state index in [0.29, 0.717) is 5.75 Å². The summed E-state index contributed by atoms with van der Waals surface area (Å²) < 4.78 is 12.9. The number of nitrogens with one attached hydrogen (secondary N) is 1. The normalized spacial score (nSPS) is 12.0. The maximum atomic E-state index is 12.0. The lowest BCUT2D eigenvalue weighted by Crippen LogP contribution is -2.25. The molecule has 27 heavy (non-hydrogen) atoms. The molecular weight excluding hydrogens is 476 g/mol. The lowest BCUT2D eigenvalue weighted by molar-refractivity contribution is -0.123. The second-order valence-electron chi connectivity index (χ2n) is 6.36. The molecule has 1 heterocycles. The Morgan fingerprint density at radius 2 is 2.15 bits per heavy atom. The molecule has 0 aliphatic heterocycles. The highest BCUT2D eigenvalue weighted by Gasteiger charge is 2.17. The zero-order chi connectivity index (χ0) is 20.0. The van der Waals surface area contributed by atoms with Gasteiger partial charge in [-0.2, -0.15) is 5.10 Å². The second kappa shape index (κ2) is 9.90. The smallest absolute Gasteiger partial charge is 0.277 e. The fraction of sp³-hybridized carbons (Fsp3) is 0.300. The number of benzene rings is 1. The minimum absolute atomic E-state index is 0.127. The molecule has 0 aliphatic rings. The molecule has 0 saturated heterocycles. The number of halogens is 2. The molecule has 0 unspecified atom stereocenters. The van der Waals surface area contributed by atoms with Crippen LogP contribution in [0.2, 0.25) is 0 Å². The number of carbonyl (C=O) groups is 1. The van der Waals surface area contributed by atoms with Crippen LogP contribution in [-0.4, -0.2) is 18.7 Å². The Hall–Kier alpha value is -1.86. The Balaban J connectivity index is 1.98. The van der Waals surface area contributed by atoms with E-state index in [0.717, 1.165) is 31.4 Å². The first-order valence-corrected chi connectivity index (χ1v) is 10.0. The van der Waals surface area contributed by atoms with Crippen LogP contribution in [0.1, 0.15) is 43.6 Å². The molecule has 0 saturated carbocycles. The Morgan fingerprint density at radius 3 is 2.78 bits per heavy atom. The highest BCUT2D eigenvalue weighted by atomic mass is 79.9. The van der Waals surface area contributed by atoms with Crippen LogP contribution in [-0.2, 0) is 4.79 Å². The van der Waals surface area contributed by atoms with Crippen LogP contribution in [0.25, 0.3) is 6.08 Å². The third-order valence-electron chi connectivity index (χ3n) is 3.77. The van der Waals surface area contributed by atoms with Gasteiger partial charge in [-0.25, -0.2) is 5.43 Å². The summed E-state index contributed by atoms with van der Waals surface area (Å²) >= 11 is 7.12. The number of furan rings is 1. The fourth-order valence-electron chi connectivity index (χ4n) is 2.30. The highest BCUT2D eigenvalue weighted by molar-refractivity contribution is 9.11. The van der Waals surface area contributed by atoms with E-state index in [9.17, 15) is 4.79 Å². The van der Waals surface area contributed by atoms with Crippen LogP contribution in [0.3, 0.4) is 0 Å². The van der Waals surface area contributed by atoms with E-state index >= 15 is 0 Å². The summed E-state index contributed by atoms with van der Waals surface area (Å²) in [6.45, 7) is 7.87. The quantitative estimate of drug-likeness (QED) is 0.387. The van der Waals surface area contributed by atoms with Crippen LogP contribution in [0.4, 0.5) is 0 Å². The van der Waals surface area contributed by atoms with Gasteiger partial charge in [0.15, 0.2) is 6.61 Å². The summed E-state index contributed by atoms with van der Waals surface area (Å²) in [5, 5.41) is 3.94. The summed E-state index contributed by atoms with van der Waals surface area (Å²) in [6.07, 6.45) is 4.98. The van der Waals surface area contributed by atoms with Gasteiger partial charge < -0.3 is 9.15 Å². The lowest BCUT2D eigenvalue weighted by Gasteiger charge is -2.18. The van der Waals surface area contributed by atoms with E-state index in [1.807, 2.05) is 38.1 Å². The number of ether oxygens (including phenoxy) is 1. The van der Waals surface area contributed by atoms with Crippen molar-refractivity contribution in [2.75, 3.05) is 6.61 Å². The maximum absolute atomic E-state index is 12.0. The topological polar surface area (TPSA) is 63.8 Å². The van der Waals surface area contributed by atoms with Gasteiger partial charge in [0.05, 0.1) is 17.0 Å². The Kier molecular flexibility index (Phi) is 7.86. The van der Waals surface area contributed by atoms with Crippen LogP contribution in [0.5, 0.6) is 5.75 Å². The number of carbonyl (C=O) groups excluding carboxylic acids is 1. The van der Waals surface area contributed by atoms with Crippen molar-refractivity contribution in [1.29, 1.82) is 0 Å². The van der Waals surface area contributed by atoms with Crippen molar-refractivity contribution < 1.29 is 13.9 Å². The third kappa shape index (κ3) is 6.07. The van der Waals surface area contributed by atoms with E-state index in [1.165, 1.54) is 0 Å². The van der Waals surface area contributed by atoms with Gasteiger partial charge in [0.25, 0.3) is 5.91 Å². The van der Waals surface area contributed by atoms with Crippen LogP contribution < -0.4 is 10.2 Å². The first-order valence-electron chi connectivity index (χ1n) is 8.44. The van der Waals surface area contributed by atoms with Crippen molar-refractivity contribution in [3.8, 4) is 5.75 Å². The predicted molar refractivity (Wildman–Crippen MR) is 115 cm³/mol. The zero-order valence-corrected chi connectivity index (χ0v) is 18.8. The van der Waals surface area contributed by atoms with Crippen LogP contribution in [0.15, 0.2) is 48.5 Å². The standard InChI is InChI=1S/C20H22Br2N2O3/c1-12(2)16-9-17(21)14(4)19(22)20(16)27-11-18(25)24-23-10-13(3)8-15-6-5-7-26-15/h5-10,12H,11H2,1-4H3,(H,24,25)/b13-8+,23-10-. The number of rotatable bonds is 7. The minimum Gasteiger partial charge on any atom is -0.482 e. The molecule has 1 aromatic heterocycles. The van der Waals surface area contributed by atoms with Crippen molar-refractivity contribution in [2.45, 2.75) is 33.6 Å². The number of hydrogen-bond acceptors (Lipinski definition) is 4. The molecule has 7 heteroatoms. The van der Waals surface area contributed by atoms with Gasteiger partial charge in [0.2, 0.25) is 0 Å². The molecule has 0 fully saturated rings. The predicted octanol–water partition coefficient (Wildman–Crippen LogP) is 5.82. The SMILES string of the molecule is CC(/C=N\NC(=O)COc1c(C(C)C)cc(Br)c(C)c1Br)=C\c1ccco1. The van der Waals surface area contributed by atoms with Crippen molar-refractivity contribution in [3.63, 3.8) is 0 Å². The van der Waals surface area contributed by atoms with E-state index in [4.69, 9.17) is 9.15 Å². The Labute approximate surface area is 176 Å². The second-order valence-corrected chi connectivity index (χ2v) is 8.00. The first kappa shape index (κ1) is 21.4. The molecule has 0 atom stereocenters. The van der Waals surface area contributed by atoms with Gasteiger partial charge in [0, 0.05) is 4.47 Å². The van der Waals surface area contributed by atoms with E-state index in [1.54, 1.807) is 12.5 Å². The first-order chi connectivity index (χ1) is 12.8. The van der Waals surface area contributed by atoms with Gasteiger partial charge in [-0.3, -0.25) is 4.79 Å². The van der Waals surface area contributed by atoms with E-state index in [2.05, 4.69) is 56.2 Å². The summed E-state index contributed by atoms with van der Waals surface area (Å²) in [4.78, 5) is 12.0. The molecular formula is C20H22Br2N2O3. The molecule has 1 amide bonds. The van der Waals surface area contributed by atoms with Gasteiger partial charge >= 0.3 is 0 Å². The monoisotopic (exact) mass is 496 g/mol. The summed E-state index contributed by atoms with van der Waals surface area (Å²) in [6, 6.07) is 5.68. The number of hydrogen-bond donors (Lipinski definition) is 1. The average Bonchev–Trinajstić information content (AvgIpc) is 3.11. The third-order valence-corrected chi connectivity index (χ3v) is 5.55. The van der Waals surface area contributed by atoms with Crippen LogP contribution >= 0.6 is 31.9 Å². The van der Waals surface area contributed by atoms with Crippen molar-refractivity contribution in [3.05, 3.63) is 55.9 Å². The number of amides is 1. The van der Waals surface area contributed by atoms with Crippen molar-refractivity contribution >= 4 is 50.1 Å². The summed E-state index contributed by atoms with van der Waals surface area (Å²) in [5.74, 6) is 1.33. The molecule has 0 bridgehead atoms. The molecule has 0 radical (unpaired) electrons. The van der Waals surface area contributed by atoms with E-state index in [-0.39, 0.29) is 18.4 Å². The average molecular weight is 498 g/mol. The van der Waals surface area contributed by atoms with Gasteiger partial charge in [-0.05, 0) is 76.7 Å². The largest absolute Gasteiger partial charge is 0.482 e. The Morgan fingerprint density at radius 1 is 1.41 bits per heavy atom. The number of hydrazone groups is 1. The summed E-state index contributed by atoms with van der Waals surface area (Å²) in [7, 11) is 0.